The van der Waals surface area contributed by atoms with Crippen LogP contribution in [0.3, 0.4) is 0 Å². The van der Waals surface area contributed by atoms with Gasteiger partial charge in [0.15, 0.2) is 0 Å². The molecule has 5 aromatic carbocycles. The summed E-state index contributed by atoms with van der Waals surface area (Å²) >= 11 is 0. The zero-order valence-electron chi connectivity index (χ0n) is 25.3. The lowest BCUT2D eigenvalue weighted by Gasteiger charge is -2.01. The molecule has 218 valence electrons. The Hall–Kier alpha value is -5.48. The van der Waals surface area contributed by atoms with Gasteiger partial charge in [0, 0.05) is 27.5 Å². The van der Waals surface area contributed by atoms with Crippen LogP contribution in [-0.2, 0) is 0 Å². The third-order valence-electron chi connectivity index (χ3n) is 6.30. The van der Waals surface area contributed by atoms with Crippen molar-refractivity contribution < 1.29 is 0 Å². The van der Waals surface area contributed by atoms with Crippen LogP contribution >= 0.6 is 0 Å². The molecule has 6 aromatic rings. The number of aromatic nitrogens is 1. The van der Waals surface area contributed by atoms with Crippen molar-refractivity contribution in [3.05, 3.63) is 175 Å². The summed E-state index contributed by atoms with van der Waals surface area (Å²) in [6.07, 6.45) is 7.77. The average molecular weight is 567 g/mol. The zero-order valence-corrected chi connectivity index (χ0v) is 25.3. The largest absolute Gasteiger partial charge is 0.399 e. The van der Waals surface area contributed by atoms with Crippen molar-refractivity contribution in [2.45, 2.75) is 20.8 Å². The van der Waals surface area contributed by atoms with Gasteiger partial charge in [-0.3, -0.25) is 0 Å². The molecule has 6 rings (SSSR count). The Morgan fingerprint density at radius 1 is 0.674 bits per heavy atom. The van der Waals surface area contributed by atoms with Gasteiger partial charge in [-0.2, -0.15) is 0 Å². The molecular formula is C39H42N4. The van der Waals surface area contributed by atoms with Gasteiger partial charge in [-0.25, -0.2) is 11.1 Å². The summed E-state index contributed by atoms with van der Waals surface area (Å²) in [5.74, 6) is 0. The van der Waals surface area contributed by atoms with Crippen LogP contribution in [0.5, 0.6) is 0 Å². The van der Waals surface area contributed by atoms with E-state index in [1.54, 1.807) is 6.08 Å². The number of nitrogens with two attached hydrogens (primary N) is 1. The Labute approximate surface area is 256 Å². The predicted octanol–water partition coefficient (Wildman–Crippen LogP) is 11.5. The van der Waals surface area contributed by atoms with Gasteiger partial charge in [-0.15, -0.1) is 0 Å². The number of fused-ring (bicyclic) bond motifs is 3. The molecule has 43 heavy (non-hydrogen) atoms. The number of benzene rings is 5. The Morgan fingerprint density at radius 3 is 1.72 bits per heavy atom. The quantitative estimate of drug-likeness (QED) is 0.0957. The number of para-hydroxylation sites is 2. The maximum absolute atomic E-state index is 5.36. The second-order valence-electron chi connectivity index (χ2n) is 9.49. The lowest BCUT2D eigenvalue weighted by Crippen LogP contribution is -1.79. The molecule has 0 aliphatic carbocycles. The molecule has 0 fully saturated rings. The van der Waals surface area contributed by atoms with E-state index in [1.165, 1.54) is 44.1 Å². The van der Waals surface area contributed by atoms with Crippen molar-refractivity contribution in [1.82, 2.24) is 4.98 Å². The minimum Gasteiger partial charge on any atom is -0.399 e. The summed E-state index contributed by atoms with van der Waals surface area (Å²) in [5.41, 5.74) is 23.7. The van der Waals surface area contributed by atoms with Crippen LogP contribution in [0.25, 0.3) is 32.9 Å². The van der Waals surface area contributed by atoms with Crippen molar-refractivity contribution >= 4 is 27.5 Å². The van der Waals surface area contributed by atoms with Gasteiger partial charge in [0.2, 0.25) is 0 Å². The Morgan fingerprint density at radius 2 is 1.21 bits per heavy atom. The second kappa shape index (κ2) is 19.6. The number of anilines is 1. The number of aryl methyl sites for hydroxylation is 1. The molecule has 4 heteroatoms. The topological polar surface area (TPSA) is 89.5 Å². The number of rotatable bonds is 3. The van der Waals surface area contributed by atoms with Crippen molar-refractivity contribution in [2.75, 3.05) is 5.73 Å². The van der Waals surface area contributed by atoms with Crippen molar-refractivity contribution in [3.8, 4) is 11.1 Å². The van der Waals surface area contributed by atoms with Gasteiger partial charge in [-0.1, -0.05) is 145 Å². The molecule has 1 aromatic heterocycles. The summed E-state index contributed by atoms with van der Waals surface area (Å²) in [5, 5.41) is 2.58. The van der Waals surface area contributed by atoms with E-state index < -0.39 is 0 Å². The first-order chi connectivity index (χ1) is 21.0. The predicted molar refractivity (Wildman–Crippen MR) is 187 cm³/mol. The second-order valence-corrected chi connectivity index (χ2v) is 9.49. The molecule has 5 N–H and O–H groups in total. The van der Waals surface area contributed by atoms with Crippen molar-refractivity contribution in [1.29, 1.82) is 11.1 Å². The van der Waals surface area contributed by atoms with Crippen LogP contribution in [0, 0.1) is 18.0 Å². The maximum atomic E-state index is 5.36. The SMILES string of the molecule is C=C/C=C\C(C)=C/C.Cc1ccccc1.N=N.Nc1ccccc1.c1ccc(-c2ccc3[nH]c4ccccc4c3c2)cc1. The number of allylic oxidation sites excluding steroid dienone is 5. The molecule has 0 atom stereocenters. The highest BCUT2D eigenvalue weighted by Gasteiger charge is 2.05. The lowest BCUT2D eigenvalue weighted by atomic mass is 10.0. The third kappa shape index (κ3) is 11.9. The van der Waals surface area contributed by atoms with Crippen molar-refractivity contribution in [2.24, 2.45) is 0 Å². The number of hydrogen-bond acceptors (Lipinski definition) is 3. The van der Waals surface area contributed by atoms with E-state index in [1.807, 2.05) is 73.7 Å². The summed E-state index contributed by atoms with van der Waals surface area (Å²) in [4.78, 5) is 3.46. The van der Waals surface area contributed by atoms with Gasteiger partial charge < -0.3 is 10.7 Å². The first-order valence-electron chi connectivity index (χ1n) is 14.1. The molecular weight excluding hydrogens is 524 g/mol. The number of H-pyrrole nitrogens is 1. The van der Waals surface area contributed by atoms with Gasteiger partial charge in [0.05, 0.1) is 0 Å². The minimum atomic E-state index is 0.822. The molecule has 4 nitrogen and oxygen atoms in total. The summed E-state index contributed by atoms with van der Waals surface area (Å²) in [7, 11) is 0. The molecule has 0 spiro atoms. The number of aromatic amines is 1. The minimum absolute atomic E-state index is 0.822. The van der Waals surface area contributed by atoms with Gasteiger partial charge in [0.25, 0.3) is 0 Å². The van der Waals surface area contributed by atoms with Crippen molar-refractivity contribution in [3.63, 3.8) is 0 Å². The fraction of sp³-hybridized carbons (Fsp3) is 0.0769. The Kier molecular flexibility index (Phi) is 15.4. The first-order valence-corrected chi connectivity index (χ1v) is 14.1. The highest BCUT2D eigenvalue weighted by Crippen LogP contribution is 2.29. The highest BCUT2D eigenvalue weighted by molar-refractivity contribution is 6.08. The van der Waals surface area contributed by atoms with Crippen LogP contribution in [0.4, 0.5) is 5.69 Å². The Balaban J connectivity index is 0.000000224. The number of nitrogens with one attached hydrogen (secondary N) is 3. The van der Waals surface area contributed by atoms with E-state index in [4.69, 9.17) is 16.8 Å². The molecule has 0 radical (unpaired) electrons. The number of nitrogen functional groups attached to an aromatic ring is 1. The summed E-state index contributed by atoms with van der Waals surface area (Å²) in [6, 6.07) is 45.3. The van der Waals surface area contributed by atoms with E-state index >= 15 is 0 Å². The average Bonchev–Trinajstić information content (AvgIpc) is 3.45. The van der Waals surface area contributed by atoms with E-state index in [0.29, 0.717) is 0 Å². The van der Waals surface area contributed by atoms with Crippen LogP contribution in [-0.4, -0.2) is 4.98 Å². The normalized spacial score (nSPS) is 10.2. The van der Waals surface area contributed by atoms with E-state index in [-0.39, 0.29) is 0 Å². The standard InChI is InChI=1S/C18H13N.C8H12.C7H8.C6H7N.H2N2/c1-2-6-13(7-3-1)14-10-11-18-16(12-14)15-8-4-5-9-17(15)19-18;1-4-6-7-8(3)5-2;1-7-5-3-2-4-6-7;7-6-4-2-1-3-5-6;1-2/h1-12,19H;4-7H,1H2,2-3H3;2-6H,1H3;1-5H,7H2;1-2H/b;7-6-,8-5-;;;. The summed E-state index contributed by atoms with van der Waals surface area (Å²) < 4.78 is 0. The molecule has 0 aliphatic rings. The van der Waals surface area contributed by atoms with Gasteiger partial charge in [0.1, 0.15) is 0 Å². The van der Waals surface area contributed by atoms with Crippen LogP contribution < -0.4 is 5.73 Å². The van der Waals surface area contributed by atoms with E-state index in [9.17, 15) is 0 Å². The Bertz CT molecular complexity index is 1650. The zero-order chi connectivity index (χ0) is 31.3. The lowest BCUT2D eigenvalue weighted by molar-refractivity contribution is 1.05. The molecule has 1 heterocycles. The maximum Gasteiger partial charge on any atom is 0.0465 e. The van der Waals surface area contributed by atoms with Crippen LogP contribution in [0.1, 0.15) is 19.4 Å². The van der Waals surface area contributed by atoms with E-state index in [0.717, 1.165) is 5.69 Å². The van der Waals surface area contributed by atoms with Crippen LogP contribution in [0.2, 0.25) is 0 Å². The number of hydrogen-bond donors (Lipinski definition) is 4. The molecule has 0 unspecified atom stereocenters. The fourth-order valence-electron chi connectivity index (χ4n) is 3.96. The smallest absolute Gasteiger partial charge is 0.0465 e. The van der Waals surface area contributed by atoms with Gasteiger partial charge >= 0.3 is 0 Å². The van der Waals surface area contributed by atoms with E-state index in [2.05, 4.69) is 110 Å². The molecule has 0 saturated heterocycles. The molecule has 0 amide bonds. The van der Waals surface area contributed by atoms with Crippen LogP contribution in [0.15, 0.2) is 170 Å². The van der Waals surface area contributed by atoms with Gasteiger partial charge in [-0.05, 0) is 62.2 Å². The summed E-state index contributed by atoms with van der Waals surface area (Å²) in [6.45, 7) is 9.71. The highest BCUT2D eigenvalue weighted by atomic mass is 14.7. The fourth-order valence-corrected chi connectivity index (χ4v) is 3.96. The monoisotopic (exact) mass is 566 g/mol. The third-order valence-corrected chi connectivity index (χ3v) is 6.30. The molecule has 0 saturated carbocycles. The molecule has 0 aliphatic heterocycles. The first kappa shape index (κ1) is 33.7. The molecule has 0 bridgehead atoms.